The molecule has 296 valence electrons. The molecule has 1 unspecified atom stereocenters. The third kappa shape index (κ3) is 8.03. The van der Waals surface area contributed by atoms with Crippen LogP contribution in [0.3, 0.4) is 0 Å². The second-order valence-corrected chi connectivity index (χ2v) is 14.7. The summed E-state index contributed by atoms with van der Waals surface area (Å²) in [6, 6.07) is 32.4. The Kier molecular flexibility index (Phi) is 11.0. The summed E-state index contributed by atoms with van der Waals surface area (Å²) in [6.07, 6.45) is 0.347. The van der Waals surface area contributed by atoms with Crippen LogP contribution in [0.4, 0.5) is 5.82 Å². The molecule has 0 spiro atoms. The fourth-order valence-electron chi connectivity index (χ4n) is 6.40. The molecule has 5 atom stereocenters. The molecular formula is C41H32N7O10P. The molecule has 1 aliphatic rings. The predicted octanol–water partition coefficient (Wildman–Crippen LogP) is 5.52. The number of imide groups is 1. The van der Waals surface area contributed by atoms with Crippen LogP contribution in [0, 0.1) is 0 Å². The zero-order chi connectivity index (χ0) is 40.9. The summed E-state index contributed by atoms with van der Waals surface area (Å²) in [5.41, 5.74) is 0.708. The number of rotatable bonds is 12. The van der Waals surface area contributed by atoms with E-state index in [-0.39, 0.29) is 39.2 Å². The highest BCUT2D eigenvalue weighted by atomic mass is 31.2. The first kappa shape index (κ1) is 38.7. The standard InChI is InChI=1S/C41H32N7O10P/c49-37(27-13-5-1-6-14-27)48(38(50)28-15-7-2-8-16-28)36-32-35(43-24-44-36)47(26-45-32)39-34(58-41(52)30-19-11-4-12-20-30)33(57-40(51)29-17-9-3-10-18-29)31(56-39)23-55-59(53,54)46-22-21-42-25-46/h1-22,24-26,31,33-34,39H,23H2,(H,53,54)/t31-,33-,34-,39-/m1/s1. The lowest BCUT2D eigenvalue weighted by Crippen LogP contribution is -2.41. The third-order valence-electron chi connectivity index (χ3n) is 9.25. The lowest BCUT2D eigenvalue weighted by molar-refractivity contribution is -0.0548. The average Bonchev–Trinajstić information content (AvgIpc) is 4.05. The molecule has 0 radical (unpaired) electrons. The number of benzene rings is 4. The molecule has 7 aromatic rings. The van der Waals surface area contributed by atoms with Crippen molar-refractivity contribution >= 4 is 48.5 Å². The van der Waals surface area contributed by atoms with Crippen molar-refractivity contribution in [3.8, 4) is 0 Å². The van der Waals surface area contributed by atoms with Gasteiger partial charge in [0.05, 0.1) is 24.1 Å². The second kappa shape index (κ2) is 16.7. The summed E-state index contributed by atoms with van der Waals surface area (Å²) < 4.78 is 39.5. The quantitative estimate of drug-likeness (QED) is 0.0916. The van der Waals surface area contributed by atoms with Crippen molar-refractivity contribution in [2.45, 2.75) is 24.5 Å². The maximum absolute atomic E-state index is 14.1. The molecule has 4 heterocycles. The van der Waals surface area contributed by atoms with Gasteiger partial charge < -0.3 is 19.1 Å². The summed E-state index contributed by atoms with van der Waals surface area (Å²) in [7, 11) is -4.55. The van der Waals surface area contributed by atoms with Gasteiger partial charge in [-0.3, -0.25) is 18.7 Å². The monoisotopic (exact) mass is 813 g/mol. The Morgan fingerprint density at radius 2 is 1.22 bits per heavy atom. The first-order chi connectivity index (χ1) is 28.7. The van der Waals surface area contributed by atoms with Crippen molar-refractivity contribution in [1.29, 1.82) is 0 Å². The van der Waals surface area contributed by atoms with E-state index in [1.807, 2.05) is 0 Å². The molecule has 17 nitrogen and oxygen atoms in total. The topological polar surface area (TPSA) is 207 Å². The van der Waals surface area contributed by atoms with Gasteiger partial charge in [-0.05, 0) is 48.5 Å². The van der Waals surface area contributed by atoms with E-state index < -0.39 is 62.6 Å². The van der Waals surface area contributed by atoms with Crippen LogP contribution >= 0.6 is 7.75 Å². The smallest absolute Gasteiger partial charge is 0.437 e. The van der Waals surface area contributed by atoms with Crippen molar-refractivity contribution in [3.63, 3.8) is 0 Å². The fourth-order valence-corrected chi connectivity index (χ4v) is 7.29. The lowest BCUT2D eigenvalue weighted by Gasteiger charge is -2.25. The first-order valence-corrected chi connectivity index (χ1v) is 19.5. The van der Waals surface area contributed by atoms with Gasteiger partial charge in [-0.25, -0.2) is 43.3 Å². The number of amides is 2. The van der Waals surface area contributed by atoms with Crippen LogP contribution in [0.15, 0.2) is 153 Å². The number of esters is 2. The van der Waals surface area contributed by atoms with Gasteiger partial charge >= 0.3 is 19.7 Å². The Morgan fingerprint density at radius 1 is 0.695 bits per heavy atom. The van der Waals surface area contributed by atoms with Crippen LogP contribution in [-0.2, 0) is 23.3 Å². The number of hydrogen-bond donors (Lipinski definition) is 1. The van der Waals surface area contributed by atoms with Gasteiger partial charge in [0, 0.05) is 23.5 Å². The maximum Gasteiger partial charge on any atom is 0.437 e. The lowest BCUT2D eigenvalue weighted by atomic mass is 10.1. The van der Waals surface area contributed by atoms with Crippen LogP contribution in [0.5, 0.6) is 0 Å². The Hall–Kier alpha value is -7.17. The molecule has 1 aliphatic heterocycles. The summed E-state index contributed by atoms with van der Waals surface area (Å²) in [5.74, 6) is -3.19. The molecule has 2 amide bonds. The molecule has 0 aliphatic carbocycles. The third-order valence-corrected chi connectivity index (χ3v) is 10.6. The molecule has 1 saturated heterocycles. The summed E-state index contributed by atoms with van der Waals surface area (Å²) in [5, 5.41) is 0. The number of carbonyl (C=O) groups excluding carboxylic acids is 4. The van der Waals surface area contributed by atoms with Crippen molar-refractivity contribution < 1.29 is 47.4 Å². The summed E-state index contributed by atoms with van der Waals surface area (Å²) >= 11 is 0. The van der Waals surface area contributed by atoms with Gasteiger partial charge in [-0.1, -0.05) is 72.8 Å². The summed E-state index contributed by atoms with van der Waals surface area (Å²) in [6.45, 7) is -0.646. The van der Waals surface area contributed by atoms with E-state index >= 15 is 0 Å². The van der Waals surface area contributed by atoms with E-state index in [1.165, 1.54) is 47.6 Å². The van der Waals surface area contributed by atoms with Crippen LogP contribution in [0.2, 0.25) is 0 Å². The molecule has 1 N–H and O–H groups in total. The maximum atomic E-state index is 14.1. The van der Waals surface area contributed by atoms with Crippen LogP contribution < -0.4 is 4.90 Å². The number of carbonyl (C=O) groups is 4. The highest BCUT2D eigenvalue weighted by molar-refractivity contribution is 7.51. The number of fused-ring (bicyclic) bond motifs is 1. The van der Waals surface area contributed by atoms with Crippen LogP contribution in [0.25, 0.3) is 11.2 Å². The van der Waals surface area contributed by atoms with Gasteiger partial charge in [0.2, 0.25) is 0 Å². The van der Waals surface area contributed by atoms with Crippen molar-refractivity contribution in [1.82, 2.24) is 28.8 Å². The van der Waals surface area contributed by atoms with Gasteiger partial charge in [-0.15, -0.1) is 0 Å². The van der Waals surface area contributed by atoms with Gasteiger partial charge in [0.25, 0.3) is 11.8 Å². The van der Waals surface area contributed by atoms with E-state index in [2.05, 4.69) is 19.9 Å². The predicted molar refractivity (Wildman–Crippen MR) is 208 cm³/mol. The zero-order valence-corrected chi connectivity index (χ0v) is 31.5. The highest BCUT2D eigenvalue weighted by Crippen LogP contribution is 2.45. The van der Waals surface area contributed by atoms with Crippen molar-refractivity contribution in [2.24, 2.45) is 0 Å². The Bertz CT molecular complexity index is 2600. The van der Waals surface area contributed by atoms with Gasteiger partial charge in [-0.2, -0.15) is 0 Å². The van der Waals surface area contributed by atoms with Gasteiger partial charge in [0.1, 0.15) is 18.8 Å². The molecule has 18 heteroatoms. The van der Waals surface area contributed by atoms with E-state index in [0.29, 0.717) is 0 Å². The fraction of sp³-hybridized carbons (Fsp3) is 0.122. The number of ether oxygens (including phenoxy) is 3. The average molecular weight is 814 g/mol. The number of anilines is 1. The molecule has 0 bridgehead atoms. The molecular weight excluding hydrogens is 781 g/mol. The minimum absolute atomic E-state index is 0.0182. The van der Waals surface area contributed by atoms with Gasteiger partial charge in [0.15, 0.2) is 35.4 Å². The minimum Gasteiger partial charge on any atom is -0.452 e. The Balaban J connectivity index is 1.22. The molecule has 59 heavy (non-hydrogen) atoms. The second-order valence-electron chi connectivity index (χ2n) is 13.0. The Morgan fingerprint density at radius 3 is 1.75 bits per heavy atom. The van der Waals surface area contributed by atoms with E-state index in [9.17, 15) is 28.6 Å². The zero-order valence-electron chi connectivity index (χ0n) is 30.6. The van der Waals surface area contributed by atoms with Crippen molar-refractivity contribution in [3.05, 3.63) is 175 Å². The number of hydrogen-bond acceptors (Lipinski definition) is 13. The van der Waals surface area contributed by atoms with E-state index in [0.717, 1.165) is 21.9 Å². The molecule has 8 rings (SSSR count). The van der Waals surface area contributed by atoms with Crippen LogP contribution in [-0.4, -0.2) is 82.4 Å². The van der Waals surface area contributed by atoms with E-state index in [4.69, 9.17) is 18.7 Å². The molecule has 0 saturated carbocycles. The molecule has 3 aromatic heterocycles. The number of nitrogens with zero attached hydrogens (tertiary/aromatic N) is 7. The largest absolute Gasteiger partial charge is 0.452 e. The first-order valence-electron chi connectivity index (χ1n) is 18.0. The highest BCUT2D eigenvalue weighted by Gasteiger charge is 2.52. The molecule has 4 aromatic carbocycles. The normalized spacial score (nSPS) is 18.5. The molecule has 1 fully saturated rings. The SMILES string of the molecule is O=C(O[C@@H]1[C@H](OC(=O)c2ccccc2)[C@@H](COP(=O)(O)n2ccnc2)O[C@H]1n1cnc2c(N(C(=O)c3ccccc3)C(=O)c3ccccc3)ncnc21)c1ccccc1. The van der Waals surface area contributed by atoms with Crippen LogP contribution in [0.1, 0.15) is 47.7 Å². The summed E-state index contributed by atoms with van der Waals surface area (Å²) in [4.78, 5) is 84.4. The minimum atomic E-state index is -4.55. The number of aromatic nitrogens is 6. The number of imidazole rings is 2. The van der Waals surface area contributed by atoms with Crippen molar-refractivity contribution in [2.75, 3.05) is 11.5 Å². The Labute approximate surface area is 335 Å². The van der Waals surface area contributed by atoms with E-state index in [1.54, 1.807) is 97.1 Å².